The van der Waals surface area contributed by atoms with Crippen LogP contribution in [0.4, 0.5) is 0 Å². The summed E-state index contributed by atoms with van der Waals surface area (Å²) in [5.41, 5.74) is 0. The first-order chi connectivity index (χ1) is 6.97. The minimum absolute atomic E-state index is 0.325. The quantitative estimate of drug-likeness (QED) is 0.659. The van der Waals surface area contributed by atoms with Crippen LogP contribution in [0.3, 0.4) is 0 Å². The third kappa shape index (κ3) is 5.21. The van der Waals surface area contributed by atoms with Gasteiger partial charge < -0.3 is 4.74 Å². The molecule has 1 aliphatic heterocycles. The van der Waals surface area contributed by atoms with Gasteiger partial charge in [-0.15, -0.1) is 11.6 Å². The van der Waals surface area contributed by atoms with Crippen LogP contribution in [0.15, 0.2) is 0 Å². The van der Waals surface area contributed by atoms with Crippen molar-refractivity contribution in [3.63, 3.8) is 0 Å². The van der Waals surface area contributed by atoms with Gasteiger partial charge in [-0.1, -0.05) is 27.7 Å². The van der Waals surface area contributed by atoms with Crippen molar-refractivity contribution >= 4 is 11.6 Å². The lowest BCUT2D eigenvalue weighted by atomic mass is 9.93. The summed E-state index contributed by atoms with van der Waals surface area (Å²) >= 11 is 6.29. The molecule has 1 aliphatic rings. The first-order valence-electron chi connectivity index (χ1n) is 6.27. The molecule has 15 heavy (non-hydrogen) atoms. The Morgan fingerprint density at radius 1 is 1.00 bits per heavy atom. The summed E-state index contributed by atoms with van der Waals surface area (Å²) in [6.07, 6.45) is 5.16. The van der Waals surface area contributed by atoms with E-state index in [9.17, 15) is 0 Å². The molecular formula is C13H25ClO. The molecule has 0 amide bonds. The van der Waals surface area contributed by atoms with E-state index in [0.29, 0.717) is 29.4 Å². The maximum absolute atomic E-state index is 6.29. The van der Waals surface area contributed by atoms with Crippen molar-refractivity contribution < 1.29 is 4.74 Å². The largest absolute Gasteiger partial charge is 0.375 e. The maximum atomic E-state index is 6.29. The molecule has 0 aliphatic carbocycles. The zero-order valence-electron chi connectivity index (χ0n) is 10.5. The molecular weight excluding hydrogens is 208 g/mol. The summed E-state index contributed by atoms with van der Waals surface area (Å²) in [6.45, 7) is 8.99. The Balaban J connectivity index is 2.41. The highest BCUT2D eigenvalue weighted by atomic mass is 35.5. The molecule has 3 atom stereocenters. The van der Waals surface area contributed by atoms with Gasteiger partial charge in [0.15, 0.2) is 0 Å². The molecule has 0 aromatic heterocycles. The summed E-state index contributed by atoms with van der Waals surface area (Å²) in [4.78, 5) is 0. The van der Waals surface area contributed by atoms with Crippen LogP contribution < -0.4 is 0 Å². The van der Waals surface area contributed by atoms with Crippen molar-refractivity contribution in [2.75, 3.05) is 0 Å². The highest BCUT2D eigenvalue weighted by Gasteiger charge is 2.28. The third-order valence-electron chi connectivity index (χ3n) is 2.89. The summed E-state index contributed by atoms with van der Waals surface area (Å²) in [5.74, 6) is 1.41. The lowest BCUT2D eigenvalue weighted by molar-refractivity contribution is -0.0637. The van der Waals surface area contributed by atoms with Crippen molar-refractivity contribution in [3.8, 4) is 0 Å². The van der Waals surface area contributed by atoms with Crippen LogP contribution in [0, 0.1) is 11.8 Å². The van der Waals surface area contributed by atoms with Gasteiger partial charge in [-0.2, -0.15) is 0 Å². The normalized spacial score (nSPS) is 32.6. The molecule has 2 heteroatoms. The number of alkyl halides is 1. The monoisotopic (exact) mass is 232 g/mol. The fourth-order valence-electron chi connectivity index (χ4n) is 2.41. The molecule has 0 saturated carbocycles. The first-order valence-corrected chi connectivity index (χ1v) is 6.70. The minimum Gasteiger partial charge on any atom is -0.375 e. The molecule has 0 radical (unpaired) electrons. The minimum atomic E-state index is 0.325. The van der Waals surface area contributed by atoms with Crippen molar-refractivity contribution in [2.24, 2.45) is 11.8 Å². The van der Waals surface area contributed by atoms with Crippen molar-refractivity contribution in [3.05, 3.63) is 0 Å². The van der Waals surface area contributed by atoms with Crippen LogP contribution in [0.1, 0.15) is 53.4 Å². The van der Waals surface area contributed by atoms with Crippen LogP contribution in [-0.2, 0) is 4.74 Å². The van der Waals surface area contributed by atoms with Crippen LogP contribution in [0.5, 0.6) is 0 Å². The van der Waals surface area contributed by atoms with Gasteiger partial charge in [-0.25, -0.2) is 0 Å². The Morgan fingerprint density at radius 2 is 1.40 bits per heavy atom. The third-order valence-corrected chi connectivity index (χ3v) is 3.25. The average Bonchev–Trinajstić information content (AvgIpc) is 1.98. The van der Waals surface area contributed by atoms with E-state index in [1.165, 1.54) is 0 Å². The molecule has 1 nitrogen and oxygen atoms in total. The maximum Gasteiger partial charge on any atom is 0.0595 e. The Labute approximate surface area is 99.5 Å². The number of rotatable bonds is 4. The zero-order chi connectivity index (χ0) is 11.4. The molecule has 90 valence electrons. The van der Waals surface area contributed by atoms with E-state index in [1.807, 2.05) is 0 Å². The highest BCUT2D eigenvalue weighted by molar-refractivity contribution is 6.20. The molecule has 1 rings (SSSR count). The van der Waals surface area contributed by atoms with E-state index < -0.39 is 0 Å². The number of hydrogen-bond acceptors (Lipinski definition) is 1. The van der Waals surface area contributed by atoms with Crippen LogP contribution in [0.2, 0.25) is 0 Å². The molecule has 0 spiro atoms. The van der Waals surface area contributed by atoms with Crippen LogP contribution in [0.25, 0.3) is 0 Å². The van der Waals surface area contributed by atoms with Gasteiger partial charge in [0.2, 0.25) is 0 Å². The Kier molecular flexibility index (Phi) is 5.42. The molecule has 1 heterocycles. The fourth-order valence-corrected chi connectivity index (χ4v) is 2.80. The van der Waals surface area contributed by atoms with E-state index in [4.69, 9.17) is 16.3 Å². The number of halogens is 1. The predicted molar refractivity (Wildman–Crippen MR) is 66.4 cm³/mol. The molecule has 0 N–H and O–H groups in total. The Hall–Kier alpha value is 0.250. The van der Waals surface area contributed by atoms with Gasteiger partial charge in [0.05, 0.1) is 12.2 Å². The summed E-state index contributed by atoms with van der Waals surface area (Å²) in [6, 6.07) is 0. The van der Waals surface area contributed by atoms with Gasteiger partial charge in [-0.3, -0.25) is 0 Å². The lowest BCUT2D eigenvalue weighted by Crippen LogP contribution is -2.35. The van der Waals surface area contributed by atoms with Crippen molar-refractivity contribution in [1.82, 2.24) is 0 Å². The van der Waals surface area contributed by atoms with E-state index >= 15 is 0 Å². The summed E-state index contributed by atoms with van der Waals surface area (Å²) < 4.78 is 6.09. The average molecular weight is 233 g/mol. The van der Waals surface area contributed by atoms with Gasteiger partial charge in [0.25, 0.3) is 0 Å². The van der Waals surface area contributed by atoms with Crippen LogP contribution in [-0.4, -0.2) is 17.6 Å². The predicted octanol–water partition coefficient (Wildman–Crippen LogP) is 4.23. The standard InChI is InChI=1S/C13H25ClO/c1-9(2)5-12-7-11(14)8-13(15-12)6-10(3)4/h9-13H,5-8H2,1-4H3/t11?,12-,13+. The van der Waals surface area contributed by atoms with Gasteiger partial charge >= 0.3 is 0 Å². The number of hydrogen-bond donors (Lipinski definition) is 0. The molecule has 1 saturated heterocycles. The van der Waals surface area contributed by atoms with Gasteiger partial charge in [-0.05, 0) is 37.5 Å². The molecule has 0 aromatic carbocycles. The number of ether oxygens (including phenoxy) is 1. The first kappa shape index (κ1) is 13.3. The second-order valence-corrected chi connectivity index (χ2v) is 6.33. The molecule has 1 unspecified atom stereocenters. The van der Waals surface area contributed by atoms with Gasteiger partial charge in [0, 0.05) is 5.38 Å². The highest BCUT2D eigenvalue weighted by Crippen LogP contribution is 2.30. The zero-order valence-corrected chi connectivity index (χ0v) is 11.3. The second kappa shape index (κ2) is 6.10. The SMILES string of the molecule is CC(C)C[C@@H]1CC(Cl)C[C@H](CC(C)C)O1. The molecule has 0 aromatic rings. The van der Waals surface area contributed by atoms with E-state index in [0.717, 1.165) is 25.7 Å². The second-order valence-electron chi connectivity index (χ2n) is 5.71. The Bertz CT molecular complexity index is 157. The lowest BCUT2D eigenvalue weighted by Gasteiger charge is -2.34. The van der Waals surface area contributed by atoms with E-state index in [2.05, 4.69) is 27.7 Å². The molecule has 1 fully saturated rings. The summed E-state index contributed by atoms with van der Waals surface area (Å²) in [7, 11) is 0. The van der Waals surface area contributed by atoms with Crippen molar-refractivity contribution in [2.45, 2.75) is 71.0 Å². The fraction of sp³-hybridized carbons (Fsp3) is 1.00. The smallest absolute Gasteiger partial charge is 0.0595 e. The van der Waals surface area contributed by atoms with Gasteiger partial charge in [0.1, 0.15) is 0 Å². The van der Waals surface area contributed by atoms with E-state index in [-0.39, 0.29) is 0 Å². The topological polar surface area (TPSA) is 9.23 Å². The van der Waals surface area contributed by atoms with Crippen molar-refractivity contribution in [1.29, 1.82) is 0 Å². The summed E-state index contributed by atoms with van der Waals surface area (Å²) in [5, 5.41) is 0.325. The Morgan fingerprint density at radius 3 is 1.73 bits per heavy atom. The van der Waals surface area contributed by atoms with E-state index in [1.54, 1.807) is 0 Å². The van der Waals surface area contributed by atoms with Crippen LogP contribution >= 0.6 is 11.6 Å². The molecule has 0 bridgehead atoms.